The van der Waals surface area contributed by atoms with Crippen molar-refractivity contribution in [1.82, 2.24) is 0 Å². The molecule has 7 heteroatoms. The molecule has 0 aliphatic heterocycles. The SMILES string of the molecule is O=C(Nc1cccc(-c2cccc([N+](=O)O)c2)c1)Nc1cccc2c1CC(O)CC2. The van der Waals surface area contributed by atoms with Gasteiger partial charge in [-0.1, -0.05) is 36.4 Å². The van der Waals surface area contributed by atoms with Gasteiger partial charge in [-0.2, -0.15) is 0 Å². The van der Waals surface area contributed by atoms with E-state index in [2.05, 4.69) is 10.6 Å². The van der Waals surface area contributed by atoms with Gasteiger partial charge in [-0.3, -0.25) is 0 Å². The summed E-state index contributed by atoms with van der Waals surface area (Å²) in [6.45, 7) is 0. The molecular weight excluding hydrogens is 382 g/mol. The second kappa shape index (κ2) is 8.34. The van der Waals surface area contributed by atoms with E-state index < -0.39 is 0 Å². The molecule has 4 N–H and O–H groups in total. The van der Waals surface area contributed by atoms with E-state index in [1.54, 1.807) is 30.3 Å². The smallest absolute Gasteiger partial charge is 0.323 e. The number of rotatable bonds is 4. The number of aliphatic hydroxyl groups is 1. The number of nitrogens with one attached hydrogen (secondary N) is 2. The molecule has 2 amide bonds. The number of aliphatic hydroxyl groups excluding tert-OH is 1. The summed E-state index contributed by atoms with van der Waals surface area (Å²) in [7, 11) is 0. The fourth-order valence-electron chi connectivity index (χ4n) is 3.75. The van der Waals surface area contributed by atoms with E-state index in [0.29, 0.717) is 17.8 Å². The first-order valence-corrected chi connectivity index (χ1v) is 9.73. The van der Waals surface area contributed by atoms with Gasteiger partial charge in [0.25, 0.3) is 4.92 Å². The van der Waals surface area contributed by atoms with Gasteiger partial charge in [-0.15, -0.1) is 0 Å². The zero-order valence-electron chi connectivity index (χ0n) is 16.2. The van der Waals surface area contributed by atoms with Crippen LogP contribution in [0.3, 0.4) is 0 Å². The molecule has 0 saturated heterocycles. The normalized spacial score (nSPS) is 15.2. The molecule has 1 atom stereocenters. The van der Waals surface area contributed by atoms with Gasteiger partial charge >= 0.3 is 11.7 Å². The number of hydrogen-bond acceptors (Lipinski definition) is 3. The Hall–Kier alpha value is -3.71. The number of fused-ring (bicyclic) bond motifs is 1. The highest BCUT2D eigenvalue weighted by Crippen LogP contribution is 2.29. The molecule has 0 heterocycles. The molecule has 3 aromatic rings. The summed E-state index contributed by atoms with van der Waals surface area (Å²) >= 11 is 0. The third kappa shape index (κ3) is 4.31. The summed E-state index contributed by atoms with van der Waals surface area (Å²) in [6.07, 6.45) is 1.67. The molecule has 0 spiro atoms. The second-order valence-electron chi connectivity index (χ2n) is 7.32. The average molecular weight is 404 g/mol. The molecule has 0 fully saturated rings. The van der Waals surface area contributed by atoms with Crippen LogP contribution in [0, 0.1) is 4.91 Å². The van der Waals surface area contributed by atoms with E-state index in [4.69, 9.17) is 5.21 Å². The molecule has 1 unspecified atom stereocenters. The van der Waals surface area contributed by atoms with Gasteiger partial charge in [0, 0.05) is 29.9 Å². The first-order chi connectivity index (χ1) is 14.5. The Labute approximate surface area is 173 Å². The van der Waals surface area contributed by atoms with Crippen molar-refractivity contribution in [2.75, 3.05) is 10.6 Å². The molecule has 7 nitrogen and oxygen atoms in total. The maximum absolute atomic E-state index is 12.6. The average Bonchev–Trinajstić information content (AvgIpc) is 2.74. The summed E-state index contributed by atoms with van der Waals surface area (Å²) in [5.74, 6) is 0. The highest BCUT2D eigenvalue weighted by Gasteiger charge is 2.20. The van der Waals surface area contributed by atoms with E-state index in [0.717, 1.165) is 35.1 Å². The van der Waals surface area contributed by atoms with Crippen LogP contribution in [0.15, 0.2) is 66.7 Å². The molecule has 1 aliphatic rings. The van der Waals surface area contributed by atoms with Gasteiger partial charge in [-0.05, 0) is 53.3 Å². The predicted molar refractivity (Wildman–Crippen MR) is 114 cm³/mol. The number of aryl methyl sites for hydroxylation is 1. The third-order valence-corrected chi connectivity index (χ3v) is 5.23. The predicted octanol–water partition coefficient (Wildman–Crippen LogP) is 4.65. The Morgan fingerprint density at radius 2 is 1.70 bits per heavy atom. The zero-order valence-corrected chi connectivity index (χ0v) is 16.2. The Morgan fingerprint density at radius 1 is 0.967 bits per heavy atom. The van der Waals surface area contributed by atoms with Crippen molar-refractivity contribution in [2.45, 2.75) is 25.4 Å². The lowest BCUT2D eigenvalue weighted by Gasteiger charge is -2.23. The highest BCUT2D eigenvalue weighted by atomic mass is 16.6. The van der Waals surface area contributed by atoms with Crippen LogP contribution < -0.4 is 10.6 Å². The standard InChI is InChI=1S/C23H21N3O4/c27-20-11-10-15-4-3-9-22(21(15)14-20)25-23(28)24-18-7-1-5-16(12-18)17-6-2-8-19(13-17)26(29)30/h1-9,12-13,20,27H,10-11,14H2,(H2-,24,25,28,29,30)/p+1. The molecule has 30 heavy (non-hydrogen) atoms. The van der Waals surface area contributed by atoms with Crippen LogP contribution in [-0.4, -0.2) is 27.4 Å². The Morgan fingerprint density at radius 3 is 2.50 bits per heavy atom. The van der Waals surface area contributed by atoms with E-state index >= 15 is 0 Å². The fraction of sp³-hybridized carbons (Fsp3) is 0.174. The van der Waals surface area contributed by atoms with Gasteiger partial charge in [0.15, 0.2) is 0 Å². The van der Waals surface area contributed by atoms with E-state index in [9.17, 15) is 14.8 Å². The molecule has 152 valence electrons. The maximum Gasteiger partial charge on any atom is 0.323 e. The number of nitrogens with zero attached hydrogens (tertiary/aromatic N) is 1. The number of carbonyl (C=O) groups excluding carboxylic acids is 1. The molecule has 4 rings (SSSR count). The fourth-order valence-corrected chi connectivity index (χ4v) is 3.75. The van der Waals surface area contributed by atoms with Gasteiger partial charge in [-0.25, -0.2) is 10.0 Å². The number of benzene rings is 3. The monoisotopic (exact) mass is 404 g/mol. The number of carbonyl (C=O) groups is 1. The molecule has 0 aromatic heterocycles. The van der Waals surface area contributed by atoms with Crippen molar-refractivity contribution in [3.8, 4) is 11.1 Å². The van der Waals surface area contributed by atoms with Crippen molar-refractivity contribution in [3.05, 3.63) is 82.8 Å². The maximum atomic E-state index is 12.6. The Balaban J connectivity index is 1.51. The van der Waals surface area contributed by atoms with Crippen LogP contribution in [-0.2, 0) is 12.8 Å². The van der Waals surface area contributed by atoms with Crippen LogP contribution in [0.4, 0.5) is 21.9 Å². The van der Waals surface area contributed by atoms with Crippen molar-refractivity contribution in [3.63, 3.8) is 0 Å². The first-order valence-electron chi connectivity index (χ1n) is 9.73. The Kier molecular flexibility index (Phi) is 5.45. The highest BCUT2D eigenvalue weighted by molar-refractivity contribution is 6.00. The van der Waals surface area contributed by atoms with E-state index in [1.807, 2.05) is 30.3 Å². The zero-order chi connectivity index (χ0) is 21.1. The molecule has 1 aliphatic carbocycles. The summed E-state index contributed by atoms with van der Waals surface area (Å²) < 4.78 is 0. The van der Waals surface area contributed by atoms with Crippen LogP contribution in [0.1, 0.15) is 17.5 Å². The van der Waals surface area contributed by atoms with Crippen molar-refractivity contribution < 1.29 is 20.0 Å². The minimum absolute atomic E-state index is 0.125. The van der Waals surface area contributed by atoms with Gasteiger partial charge in [0.1, 0.15) is 0 Å². The van der Waals surface area contributed by atoms with Crippen LogP contribution in [0.2, 0.25) is 0 Å². The number of anilines is 2. The lowest BCUT2D eigenvalue weighted by atomic mass is 9.88. The topological polar surface area (TPSA) is 102 Å². The summed E-state index contributed by atoms with van der Waals surface area (Å²) in [5.41, 5.74) is 5.06. The molecule has 0 radical (unpaired) electrons. The van der Waals surface area contributed by atoms with Crippen molar-refractivity contribution >= 4 is 23.1 Å². The number of amides is 2. The quantitative estimate of drug-likeness (QED) is 0.476. The van der Waals surface area contributed by atoms with Crippen LogP contribution in [0.5, 0.6) is 0 Å². The minimum Gasteiger partial charge on any atom is -0.393 e. The van der Waals surface area contributed by atoms with Gasteiger partial charge in [0.2, 0.25) is 0 Å². The van der Waals surface area contributed by atoms with E-state index in [-0.39, 0.29) is 22.7 Å². The second-order valence-corrected chi connectivity index (χ2v) is 7.32. The van der Waals surface area contributed by atoms with Crippen molar-refractivity contribution in [2.24, 2.45) is 0 Å². The minimum atomic E-state index is -0.389. The summed E-state index contributed by atoms with van der Waals surface area (Å²) in [6, 6.07) is 19.1. The van der Waals surface area contributed by atoms with E-state index in [1.165, 1.54) is 6.07 Å². The molecule has 0 saturated carbocycles. The van der Waals surface area contributed by atoms with Crippen molar-refractivity contribution in [1.29, 1.82) is 0 Å². The lowest BCUT2D eigenvalue weighted by molar-refractivity contribution is -0.729. The molecular formula is C23H22N3O4+. The Bertz CT molecular complexity index is 1110. The largest absolute Gasteiger partial charge is 0.393 e. The first kappa shape index (κ1) is 19.6. The number of hydrogen-bond donors (Lipinski definition) is 4. The molecule has 3 aromatic carbocycles. The molecule has 0 bridgehead atoms. The third-order valence-electron chi connectivity index (χ3n) is 5.23. The van der Waals surface area contributed by atoms with Gasteiger partial charge in [0.05, 0.1) is 11.0 Å². The lowest BCUT2D eigenvalue weighted by Crippen LogP contribution is -2.24. The summed E-state index contributed by atoms with van der Waals surface area (Å²) in [4.78, 5) is 23.5. The summed E-state index contributed by atoms with van der Waals surface area (Å²) in [5, 5.41) is 24.8. The van der Waals surface area contributed by atoms with Crippen LogP contribution >= 0.6 is 0 Å². The number of urea groups is 1. The van der Waals surface area contributed by atoms with Crippen LogP contribution in [0.25, 0.3) is 11.1 Å². The van der Waals surface area contributed by atoms with Gasteiger partial charge < -0.3 is 15.7 Å².